The molecule has 1 saturated carbocycles. The van der Waals surface area contributed by atoms with Gasteiger partial charge in [-0.1, -0.05) is 28.1 Å². The van der Waals surface area contributed by atoms with Crippen LogP contribution in [0.2, 0.25) is 0 Å². The number of hydrogen-bond acceptors (Lipinski definition) is 2. The largest absolute Gasteiger partial charge is 0.328 e. The molecule has 2 nitrogen and oxygen atoms in total. The molecule has 1 aromatic rings. The summed E-state index contributed by atoms with van der Waals surface area (Å²) in [6.45, 7) is 2.32. The molecule has 2 N–H and O–H groups in total. The Morgan fingerprint density at radius 3 is 2.82 bits per heavy atom. The third-order valence-corrected chi connectivity index (χ3v) is 4.01. The van der Waals surface area contributed by atoms with E-state index in [4.69, 9.17) is 5.73 Å². The van der Waals surface area contributed by atoms with Crippen molar-refractivity contribution in [2.75, 3.05) is 20.1 Å². The summed E-state index contributed by atoms with van der Waals surface area (Å²) in [5.74, 6) is 0.831. The smallest absolute Gasteiger partial charge is 0.0178 e. The number of nitrogens with zero attached hydrogens (tertiary/aromatic N) is 1. The highest BCUT2D eigenvalue weighted by Gasteiger charge is 2.26. The predicted molar refractivity (Wildman–Crippen MR) is 76.0 cm³/mol. The van der Waals surface area contributed by atoms with Crippen LogP contribution in [0.5, 0.6) is 0 Å². The highest BCUT2D eigenvalue weighted by Crippen LogP contribution is 2.26. The van der Waals surface area contributed by atoms with E-state index in [0.29, 0.717) is 6.04 Å². The lowest BCUT2D eigenvalue weighted by Crippen LogP contribution is -2.42. The summed E-state index contributed by atoms with van der Waals surface area (Å²) in [5, 5.41) is 0. The second-order valence-electron chi connectivity index (χ2n) is 5.24. The van der Waals surface area contributed by atoms with Crippen LogP contribution in [0, 0.1) is 5.92 Å². The summed E-state index contributed by atoms with van der Waals surface area (Å²) < 4.78 is 1.17. The summed E-state index contributed by atoms with van der Waals surface area (Å²) >= 11 is 3.51. The topological polar surface area (TPSA) is 29.3 Å². The Bertz CT molecular complexity index is 361. The molecule has 0 amide bonds. The van der Waals surface area contributed by atoms with Gasteiger partial charge in [0.2, 0.25) is 0 Å². The van der Waals surface area contributed by atoms with Gasteiger partial charge in [0.25, 0.3) is 0 Å². The number of halogens is 1. The molecule has 0 aliphatic heterocycles. The summed E-state index contributed by atoms with van der Waals surface area (Å²) in [7, 11) is 2.21. The Labute approximate surface area is 112 Å². The maximum Gasteiger partial charge on any atom is 0.0178 e. The van der Waals surface area contributed by atoms with Crippen LogP contribution in [0.1, 0.15) is 18.4 Å². The standard InChI is InChI=1S/C14H21BrN2/c1-17(10-12-8-14(16)9-12)6-5-11-3-2-4-13(15)7-11/h2-4,7,12,14H,5-6,8-10,16H2,1H3. The van der Waals surface area contributed by atoms with Crippen molar-refractivity contribution in [3.8, 4) is 0 Å². The summed E-state index contributed by atoms with van der Waals surface area (Å²) in [4.78, 5) is 2.43. The van der Waals surface area contributed by atoms with E-state index >= 15 is 0 Å². The van der Waals surface area contributed by atoms with Gasteiger partial charge in [-0.15, -0.1) is 0 Å². The fraction of sp³-hybridized carbons (Fsp3) is 0.571. The second kappa shape index (κ2) is 5.98. The van der Waals surface area contributed by atoms with Crippen molar-refractivity contribution in [1.82, 2.24) is 4.90 Å². The Hall–Kier alpha value is -0.380. The number of nitrogens with two attached hydrogens (primary N) is 1. The van der Waals surface area contributed by atoms with Gasteiger partial charge in [-0.3, -0.25) is 0 Å². The van der Waals surface area contributed by atoms with Gasteiger partial charge in [0, 0.05) is 23.6 Å². The lowest BCUT2D eigenvalue weighted by atomic mass is 9.80. The molecule has 1 fully saturated rings. The van der Waals surface area contributed by atoms with Crippen molar-refractivity contribution in [3.05, 3.63) is 34.3 Å². The summed E-state index contributed by atoms with van der Waals surface area (Å²) in [6, 6.07) is 9.04. The van der Waals surface area contributed by atoms with Crippen LogP contribution in [-0.4, -0.2) is 31.1 Å². The van der Waals surface area contributed by atoms with Crippen LogP contribution in [0.25, 0.3) is 0 Å². The van der Waals surface area contributed by atoms with Crippen LogP contribution in [-0.2, 0) is 6.42 Å². The van der Waals surface area contributed by atoms with Gasteiger partial charge in [0.05, 0.1) is 0 Å². The van der Waals surface area contributed by atoms with Crippen molar-refractivity contribution in [2.24, 2.45) is 11.7 Å². The van der Waals surface area contributed by atoms with Crippen molar-refractivity contribution >= 4 is 15.9 Å². The van der Waals surface area contributed by atoms with Crippen LogP contribution in [0.3, 0.4) is 0 Å². The van der Waals surface area contributed by atoms with Crippen molar-refractivity contribution < 1.29 is 0 Å². The molecular formula is C14H21BrN2. The van der Waals surface area contributed by atoms with Gasteiger partial charge >= 0.3 is 0 Å². The molecule has 2 rings (SSSR count). The highest BCUT2D eigenvalue weighted by molar-refractivity contribution is 9.10. The molecule has 0 heterocycles. The van der Waals surface area contributed by atoms with E-state index in [2.05, 4.69) is 52.1 Å². The fourth-order valence-electron chi connectivity index (χ4n) is 2.48. The van der Waals surface area contributed by atoms with E-state index in [9.17, 15) is 0 Å². The molecule has 0 spiro atoms. The molecular weight excluding hydrogens is 276 g/mol. The number of hydrogen-bond donors (Lipinski definition) is 1. The monoisotopic (exact) mass is 296 g/mol. The first-order valence-corrected chi connectivity index (χ1v) is 7.11. The van der Waals surface area contributed by atoms with Gasteiger partial charge in [-0.05, 0) is 49.9 Å². The first-order valence-electron chi connectivity index (χ1n) is 6.32. The van der Waals surface area contributed by atoms with E-state index in [1.165, 1.54) is 29.4 Å². The Morgan fingerprint density at radius 2 is 2.18 bits per heavy atom. The van der Waals surface area contributed by atoms with Gasteiger partial charge in [0.15, 0.2) is 0 Å². The maximum absolute atomic E-state index is 5.80. The molecule has 0 saturated heterocycles. The third-order valence-electron chi connectivity index (χ3n) is 3.51. The average Bonchev–Trinajstić information content (AvgIpc) is 2.24. The summed E-state index contributed by atoms with van der Waals surface area (Å²) in [5.41, 5.74) is 7.20. The SMILES string of the molecule is CN(CCc1cccc(Br)c1)CC1CC(N)C1. The third kappa shape index (κ3) is 4.09. The molecule has 0 atom stereocenters. The number of benzene rings is 1. The zero-order chi connectivity index (χ0) is 12.3. The average molecular weight is 297 g/mol. The first-order chi connectivity index (χ1) is 8.13. The molecule has 0 bridgehead atoms. The Kier molecular flexibility index (Phi) is 4.60. The minimum absolute atomic E-state index is 0.471. The van der Waals surface area contributed by atoms with Crippen molar-refractivity contribution in [2.45, 2.75) is 25.3 Å². The molecule has 0 aromatic heterocycles. The van der Waals surface area contributed by atoms with Crippen molar-refractivity contribution in [1.29, 1.82) is 0 Å². The minimum atomic E-state index is 0.471. The Balaban J connectivity index is 1.70. The lowest BCUT2D eigenvalue weighted by Gasteiger charge is -2.35. The molecule has 1 aromatic carbocycles. The Morgan fingerprint density at radius 1 is 1.41 bits per heavy atom. The van der Waals surface area contributed by atoms with Gasteiger partial charge in [-0.2, -0.15) is 0 Å². The minimum Gasteiger partial charge on any atom is -0.328 e. The molecule has 0 radical (unpaired) electrons. The molecule has 1 aliphatic rings. The van der Waals surface area contributed by atoms with Crippen LogP contribution in [0.15, 0.2) is 28.7 Å². The quantitative estimate of drug-likeness (QED) is 0.905. The molecule has 3 heteroatoms. The second-order valence-corrected chi connectivity index (χ2v) is 6.16. The van der Waals surface area contributed by atoms with E-state index in [1.807, 2.05) is 0 Å². The van der Waals surface area contributed by atoms with Crippen LogP contribution < -0.4 is 5.73 Å². The number of likely N-dealkylation sites (N-methyl/N-ethyl adjacent to an activating group) is 1. The lowest BCUT2D eigenvalue weighted by molar-refractivity contribution is 0.183. The van der Waals surface area contributed by atoms with E-state index < -0.39 is 0 Å². The zero-order valence-corrected chi connectivity index (χ0v) is 12.0. The van der Waals surface area contributed by atoms with Gasteiger partial charge < -0.3 is 10.6 Å². The fourth-order valence-corrected chi connectivity index (χ4v) is 2.93. The van der Waals surface area contributed by atoms with Gasteiger partial charge in [-0.25, -0.2) is 0 Å². The first kappa shape index (κ1) is 13.1. The van der Waals surface area contributed by atoms with E-state index in [0.717, 1.165) is 18.9 Å². The molecule has 1 aliphatic carbocycles. The van der Waals surface area contributed by atoms with E-state index in [1.54, 1.807) is 0 Å². The summed E-state index contributed by atoms with van der Waals surface area (Å²) in [6.07, 6.45) is 3.54. The number of rotatable bonds is 5. The molecule has 0 unspecified atom stereocenters. The zero-order valence-electron chi connectivity index (χ0n) is 10.4. The highest BCUT2D eigenvalue weighted by atomic mass is 79.9. The van der Waals surface area contributed by atoms with Crippen molar-refractivity contribution in [3.63, 3.8) is 0 Å². The van der Waals surface area contributed by atoms with Crippen LogP contribution in [0.4, 0.5) is 0 Å². The predicted octanol–water partition coefficient (Wildman–Crippen LogP) is 2.66. The van der Waals surface area contributed by atoms with E-state index in [-0.39, 0.29) is 0 Å². The van der Waals surface area contributed by atoms with Gasteiger partial charge in [0.1, 0.15) is 0 Å². The van der Waals surface area contributed by atoms with Crippen LogP contribution >= 0.6 is 15.9 Å². The molecule has 94 valence electrons. The normalized spacial score (nSPS) is 23.8. The molecule has 17 heavy (non-hydrogen) atoms. The maximum atomic E-state index is 5.80.